The van der Waals surface area contributed by atoms with Crippen molar-refractivity contribution < 1.29 is 9.90 Å². The van der Waals surface area contributed by atoms with Crippen LogP contribution in [0.15, 0.2) is 47.4 Å². The number of aromatic nitrogens is 1. The van der Waals surface area contributed by atoms with Gasteiger partial charge in [0.1, 0.15) is 5.75 Å². The van der Waals surface area contributed by atoms with Gasteiger partial charge in [0.05, 0.1) is 12.1 Å². The highest BCUT2D eigenvalue weighted by atomic mass is 16.3. The first-order valence-corrected chi connectivity index (χ1v) is 6.37. The van der Waals surface area contributed by atoms with Crippen LogP contribution in [-0.2, 0) is 17.8 Å². The molecular weight excluding hydrogens is 256 g/mol. The highest BCUT2D eigenvalue weighted by Crippen LogP contribution is 2.16. The lowest BCUT2D eigenvalue weighted by atomic mass is 10.1. The van der Waals surface area contributed by atoms with Gasteiger partial charge in [-0.3, -0.25) is 9.59 Å². The van der Waals surface area contributed by atoms with Gasteiger partial charge in [0.25, 0.3) is 5.56 Å². The molecule has 0 saturated heterocycles. The van der Waals surface area contributed by atoms with E-state index in [0.29, 0.717) is 17.8 Å². The Kier molecular flexibility index (Phi) is 4.20. The van der Waals surface area contributed by atoms with Crippen LogP contribution in [0.25, 0.3) is 0 Å². The van der Waals surface area contributed by atoms with Crippen LogP contribution >= 0.6 is 0 Å². The normalized spacial score (nSPS) is 10.2. The van der Waals surface area contributed by atoms with Crippen LogP contribution in [0.4, 0.5) is 5.69 Å². The largest absolute Gasteiger partial charge is 0.508 e. The number of nitrogens with zero attached hydrogens (tertiary/aromatic N) is 1. The number of benzene rings is 1. The fourth-order valence-corrected chi connectivity index (χ4v) is 1.89. The molecule has 0 spiro atoms. The van der Waals surface area contributed by atoms with Gasteiger partial charge in [-0.1, -0.05) is 18.2 Å². The van der Waals surface area contributed by atoms with Crippen LogP contribution in [0, 0.1) is 0 Å². The molecule has 0 bridgehead atoms. The molecule has 0 atom stereocenters. The average molecular weight is 272 g/mol. The highest BCUT2D eigenvalue weighted by Gasteiger charge is 2.08. The van der Waals surface area contributed by atoms with E-state index in [4.69, 9.17) is 0 Å². The van der Waals surface area contributed by atoms with Crippen molar-refractivity contribution in [3.05, 3.63) is 58.5 Å². The first-order valence-electron chi connectivity index (χ1n) is 6.37. The topological polar surface area (TPSA) is 71.3 Å². The molecule has 2 aromatic rings. The molecule has 0 saturated carbocycles. The summed E-state index contributed by atoms with van der Waals surface area (Å²) in [6.45, 7) is 2.40. The zero-order chi connectivity index (χ0) is 14.5. The number of nitrogens with one attached hydrogen (secondary N) is 1. The van der Waals surface area contributed by atoms with Crippen LogP contribution in [0.3, 0.4) is 0 Å². The van der Waals surface area contributed by atoms with E-state index in [-0.39, 0.29) is 23.6 Å². The molecule has 5 nitrogen and oxygen atoms in total. The van der Waals surface area contributed by atoms with E-state index in [9.17, 15) is 14.7 Å². The molecule has 104 valence electrons. The number of carbonyl (C=O) groups excluding carboxylic acids is 1. The number of rotatable bonds is 4. The molecule has 1 heterocycles. The van der Waals surface area contributed by atoms with Crippen LogP contribution < -0.4 is 10.9 Å². The maximum absolute atomic E-state index is 11.9. The number of aromatic hydroxyl groups is 1. The third-order valence-corrected chi connectivity index (χ3v) is 2.95. The Hall–Kier alpha value is -2.56. The molecule has 2 rings (SSSR count). The minimum absolute atomic E-state index is 0.0813. The van der Waals surface area contributed by atoms with Crippen molar-refractivity contribution in [2.75, 3.05) is 5.32 Å². The molecule has 0 unspecified atom stereocenters. The summed E-state index contributed by atoms with van der Waals surface area (Å²) in [6, 6.07) is 9.69. The van der Waals surface area contributed by atoms with Crippen molar-refractivity contribution in [2.45, 2.75) is 19.9 Å². The van der Waals surface area contributed by atoms with Gasteiger partial charge in [-0.25, -0.2) is 0 Å². The number of hydrogen-bond donors (Lipinski definition) is 2. The lowest BCUT2D eigenvalue weighted by Gasteiger charge is -2.08. The summed E-state index contributed by atoms with van der Waals surface area (Å²) < 4.78 is 1.51. The monoisotopic (exact) mass is 272 g/mol. The molecule has 5 heteroatoms. The summed E-state index contributed by atoms with van der Waals surface area (Å²) in [5.41, 5.74) is 1.02. The van der Waals surface area contributed by atoms with Gasteiger partial charge in [0, 0.05) is 24.4 Å². The fourth-order valence-electron chi connectivity index (χ4n) is 1.89. The lowest BCUT2D eigenvalue weighted by Crippen LogP contribution is -2.20. The van der Waals surface area contributed by atoms with Gasteiger partial charge >= 0.3 is 0 Å². The maximum Gasteiger partial charge on any atom is 0.250 e. The first kappa shape index (κ1) is 13.9. The maximum atomic E-state index is 11.9. The third kappa shape index (κ3) is 3.26. The van der Waals surface area contributed by atoms with Gasteiger partial charge in [-0.05, 0) is 19.1 Å². The van der Waals surface area contributed by atoms with Crippen LogP contribution in [0.1, 0.15) is 12.5 Å². The third-order valence-electron chi connectivity index (χ3n) is 2.95. The molecule has 0 radical (unpaired) electrons. The summed E-state index contributed by atoms with van der Waals surface area (Å²) >= 11 is 0. The van der Waals surface area contributed by atoms with E-state index in [2.05, 4.69) is 5.32 Å². The number of anilines is 1. The van der Waals surface area contributed by atoms with Gasteiger partial charge in [-0.15, -0.1) is 0 Å². The Morgan fingerprint density at radius 3 is 2.70 bits per heavy atom. The summed E-state index contributed by atoms with van der Waals surface area (Å²) in [7, 11) is 0. The molecule has 0 aliphatic heterocycles. The molecule has 1 aromatic carbocycles. The minimum Gasteiger partial charge on any atom is -0.508 e. The summed E-state index contributed by atoms with van der Waals surface area (Å²) in [6.07, 6.45) is 1.68. The zero-order valence-corrected chi connectivity index (χ0v) is 11.2. The van der Waals surface area contributed by atoms with Crippen LogP contribution in [0.5, 0.6) is 5.75 Å². The molecule has 0 aliphatic carbocycles. The van der Waals surface area contributed by atoms with Crippen molar-refractivity contribution in [3.63, 3.8) is 0 Å². The number of para-hydroxylation sites is 1. The van der Waals surface area contributed by atoms with Crippen molar-refractivity contribution in [1.29, 1.82) is 0 Å². The second kappa shape index (κ2) is 6.06. The number of pyridine rings is 1. The Labute approximate surface area is 116 Å². The molecule has 1 aromatic heterocycles. The van der Waals surface area contributed by atoms with E-state index >= 15 is 0 Å². The predicted octanol–water partition coefficient (Wildman–Crippen LogP) is 1.75. The van der Waals surface area contributed by atoms with E-state index in [1.807, 2.05) is 6.92 Å². The SMILES string of the molecule is CCn1cc(NC(=O)Cc2ccccc2O)ccc1=O. The highest BCUT2D eigenvalue weighted by molar-refractivity contribution is 5.92. The van der Waals surface area contributed by atoms with Crippen LogP contribution in [-0.4, -0.2) is 15.6 Å². The number of phenolic OH excluding ortho intramolecular Hbond substituents is 1. The average Bonchev–Trinajstić information content (AvgIpc) is 2.43. The molecule has 1 amide bonds. The Morgan fingerprint density at radius 1 is 1.25 bits per heavy atom. The van der Waals surface area contributed by atoms with Crippen molar-refractivity contribution in [2.24, 2.45) is 0 Å². The van der Waals surface area contributed by atoms with Crippen molar-refractivity contribution in [1.82, 2.24) is 4.57 Å². The van der Waals surface area contributed by atoms with E-state index in [1.165, 1.54) is 10.6 Å². The van der Waals surface area contributed by atoms with Crippen molar-refractivity contribution in [3.8, 4) is 5.75 Å². The summed E-state index contributed by atoms with van der Waals surface area (Å²) in [4.78, 5) is 23.4. The summed E-state index contributed by atoms with van der Waals surface area (Å²) in [5.74, 6) is -0.144. The number of carbonyl (C=O) groups is 1. The number of hydrogen-bond acceptors (Lipinski definition) is 3. The second-order valence-electron chi connectivity index (χ2n) is 4.40. The van der Waals surface area contributed by atoms with Crippen molar-refractivity contribution >= 4 is 11.6 Å². The minimum atomic E-state index is -0.243. The fraction of sp³-hybridized carbons (Fsp3) is 0.200. The van der Waals surface area contributed by atoms with Gasteiger partial charge in [0.15, 0.2) is 0 Å². The van der Waals surface area contributed by atoms with E-state index < -0.39 is 0 Å². The number of amides is 1. The van der Waals surface area contributed by atoms with E-state index in [0.717, 1.165) is 0 Å². The molecule has 2 N–H and O–H groups in total. The van der Waals surface area contributed by atoms with E-state index in [1.54, 1.807) is 36.5 Å². The van der Waals surface area contributed by atoms with Gasteiger partial charge in [-0.2, -0.15) is 0 Å². The molecule has 20 heavy (non-hydrogen) atoms. The van der Waals surface area contributed by atoms with Gasteiger partial charge in [0.2, 0.25) is 5.91 Å². The molecule has 0 fully saturated rings. The Balaban J connectivity index is 2.09. The lowest BCUT2D eigenvalue weighted by molar-refractivity contribution is -0.115. The predicted molar refractivity (Wildman–Crippen MR) is 76.8 cm³/mol. The Bertz CT molecular complexity index is 677. The zero-order valence-electron chi connectivity index (χ0n) is 11.2. The molecular formula is C15H16N2O3. The number of phenols is 1. The smallest absolute Gasteiger partial charge is 0.250 e. The van der Waals surface area contributed by atoms with Crippen LogP contribution in [0.2, 0.25) is 0 Å². The number of aryl methyl sites for hydroxylation is 1. The summed E-state index contributed by atoms with van der Waals surface area (Å²) in [5, 5.41) is 12.3. The second-order valence-corrected chi connectivity index (χ2v) is 4.40. The first-order chi connectivity index (χ1) is 9.60. The van der Waals surface area contributed by atoms with Gasteiger partial charge < -0.3 is 15.0 Å². The molecule has 0 aliphatic rings. The quantitative estimate of drug-likeness (QED) is 0.890. The standard InChI is InChI=1S/C15H16N2O3/c1-2-17-10-12(7-8-15(17)20)16-14(19)9-11-5-3-4-6-13(11)18/h3-8,10,18H,2,9H2,1H3,(H,16,19). The Morgan fingerprint density at radius 2 is 2.00 bits per heavy atom.